The standard InChI is InChI=1S/C16H31N5.HI/c1-15(2)8-6-4-5-7-9-19-16(17-3)20-11-13-21-12-10-18-14-21;/h10,12,14-15H,4-9,11,13H2,1-3H3,(H2,17,19,20);1H. The number of aromatic nitrogens is 2. The predicted molar refractivity (Wildman–Crippen MR) is 105 cm³/mol. The number of unbranched alkanes of at least 4 members (excludes halogenated alkanes) is 3. The van der Waals surface area contributed by atoms with E-state index in [-0.39, 0.29) is 24.0 Å². The Morgan fingerprint density at radius 1 is 1.14 bits per heavy atom. The fourth-order valence-corrected chi connectivity index (χ4v) is 2.18. The van der Waals surface area contributed by atoms with Crippen molar-refractivity contribution in [1.82, 2.24) is 20.2 Å². The van der Waals surface area contributed by atoms with Gasteiger partial charge in [-0.1, -0.05) is 39.5 Å². The van der Waals surface area contributed by atoms with Crippen molar-refractivity contribution in [3.8, 4) is 0 Å². The molecule has 0 amide bonds. The molecule has 22 heavy (non-hydrogen) atoms. The third-order valence-corrected chi connectivity index (χ3v) is 3.45. The highest BCUT2D eigenvalue weighted by Gasteiger charge is 1.98. The molecule has 0 aliphatic carbocycles. The van der Waals surface area contributed by atoms with Gasteiger partial charge < -0.3 is 15.2 Å². The first kappa shape index (κ1) is 21.2. The summed E-state index contributed by atoms with van der Waals surface area (Å²) in [6.45, 7) is 7.33. The number of halogens is 1. The molecule has 5 nitrogen and oxygen atoms in total. The SMILES string of the molecule is CN=C(NCCCCCCC(C)C)NCCn1ccnc1.I. The van der Waals surface area contributed by atoms with Crippen molar-refractivity contribution in [1.29, 1.82) is 0 Å². The van der Waals surface area contributed by atoms with E-state index in [1.165, 1.54) is 32.1 Å². The molecule has 0 aliphatic rings. The number of guanidine groups is 1. The summed E-state index contributed by atoms with van der Waals surface area (Å²) >= 11 is 0. The zero-order chi connectivity index (χ0) is 15.3. The van der Waals surface area contributed by atoms with Gasteiger partial charge in [-0.05, 0) is 12.3 Å². The third kappa shape index (κ3) is 10.9. The summed E-state index contributed by atoms with van der Waals surface area (Å²) in [5.74, 6) is 1.72. The van der Waals surface area contributed by atoms with E-state index in [0.29, 0.717) is 0 Å². The number of hydrogen-bond donors (Lipinski definition) is 2. The average molecular weight is 421 g/mol. The fraction of sp³-hybridized carbons (Fsp3) is 0.750. The number of hydrogen-bond acceptors (Lipinski definition) is 2. The zero-order valence-corrected chi connectivity index (χ0v) is 16.5. The zero-order valence-electron chi connectivity index (χ0n) is 14.2. The lowest BCUT2D eigenvalue weighted by Gasteiger charge is -2.12. The number of aliphatic imine (C=N–C) groups is 1. The Morgan fingerprint density at radius 2 is 1.86 bits per heavy atom. The van der Waals surface area contributed by atoms with Gasteiger partial charge in [-0.25, -0.2) is 4.98 Å². The molecule has 1 rings (SSSR count). The maximum absolute atomic E-state index is 4.23. The summed E-state index contributed by atoms with van der Waals surface area (Å²) in [6.07, 6.45) is 12.1. The molecule has 6 heteroatoms. The van der Waals surface area contributed by atoms with Crippen molar-refractivity contribution >= 4 is 29.9 Å². The second-order valence-corrected chi connectivity index (χ2v) is 5.82. The summed E-state index contributed by atoms with van der Waals surface area (Å²) in [7, 11) is 1.81. The summed E-state index contributed by atoms with van der Waals surface area (Å²) < 4.78 is 2.05. The fourth-order valence-electron chi connectivity index (χ4n) is 2.18. The molecule has 0 saturated carbocycles. The van der Waals surface area contributed by atoms with Gasteiger partial charge in [0.2, 0.25) is 0 Å². The van der Waals surface area contributed by atoms with E-state index >= 15 is 0 Å². The first-order valence-electron chi connectivity index (χ1n) is 8.12. The van der Waals surface area contributed by atoms with Gasteiger partial charge in [-0.2, -0.15) is 0 Å². The minimum Gasteiger partial charge on any atom is -0.356 e. The highest BCUT2D eigenvalue weighted by atomic mass is 127. The monoisotopic (exact) mass is 421 g/mol. The molecule has 0 spiro atoms. The van der Waals surface area contributed by atoms with Crippen LogP contribution < -0.4 is 10.6 Å². The number of rotatable bonds is 10. The van der Waals surface area contributed by atoms with Crippen LogP contribution in [-0.4, -0.2) is 35.6 Å². The van der Waals surface area contributed by atoms with Gasteiger partial charge >= 0.3 is 0 Å². The molecule has 1 aromatic heterocycles. The lowest BCUT2D eigenvalue weighted by atomic mass is 10.0. The Kier molecular flexibility index (Phi) is 13.3. The topological polar surface area (TPSA) is 54.2 Å². The van der Waals surface area contributed by atoms with Crippen LogP contribution in [0.5, 0.6) is 0 Å². The highest BCUT2D eigenvalue weighted by Crippen LogP contribution is 2.08. The van der Waals surface area contributed by atoms with E-state index in [4.69, 9.17) is 0 Å². The molecule has 0 aromatic carbocycles. The van der Waals surface area contributed by atoms with Crippen LogP contribution in [0.2, 0.25) is 0 Å². The number of nitrogens with one attached hydrogen (secondary N) is 2. The summed E-state index contributed by atoms with van der Waals surface area (Å²) in [5.41, 5.74) is 0. The van der Waals surface area contributed by atoms with E-state index < -0.39 is 0 Å². The summed E-state index contributed by atoms with van der Waals surface area (Å²) in [4.78, 5) is 8.26. The Bertz CT molecular complexity index is 376. The van der Waals surface area contributed by atoms with E-state index in [1.807, 2.05) is 19.6 Å². The maximum atomic E-state index is 4.23. The smallest absolute Gasteiger partial charge is 0.191 e. The van der Waals surface area contributed by atoms with Crippen molar-refractivity contribution in [2.24, 2.45) is 10.9 Å². The molecule has 1 aromatic rings. The van der Waals surface area contributed by atoms with Crippen molar-refractivity contribution in [2.75, 3.05) is 20.1 Å². The van der Waals surface area contributed by atoms with Crippen molar-refractivity contribution in [3.05, 3.63) is 18.7 Å². The van der Waals surface area contributed by atoms with Gasteiger partial charge in [-0.3, -0.25) is 4.99 Å². The lowest BCUT2D eigenvalue weighted by Crippen LogP contribution is -2.39. The molecule has 0 unspecified atom stereocenters. The summed E-state index contributed by atoms with van der Waals surface area (Å²) in [6, 6.07) is 0. The van der Waals surface area contributed by atoms with E-state index in [2.05, 4.69) is 39.0 Å². The Balaban J connectivity index is 0.00000441. The van der Waals surface area contributed by atoms with Gasteiger partial charge in [0.1, 0.15) is 0 Å². The third-order valence-electron chi connectivity index (χ3n) is 3.45. The van der Waals surface area contributed by atoms with Crippen LogP contribution in [0.1, 0.15) is 46.0 Å². The second-order valence-electron chi connectivity index (χ2n) is 5.82. The van der Waals surface area contributed by atoms with Crippen LogP contribution in [0.4, 0.5) is 0 Å². The molecular formula is C16H32IN5. The van der Waals surface area contributed by atoms with Gasteiger partial charge in [0, 0.05) is 39.1 Å². The van der Waals surface area contributed by atoms with Gasteiger partial charge in [0.25, 0.3) is 0 Å². The molecule has 0 fully saturated rings. The molecule has 0 radical (unpaired) electrons. The highest BCUT2D eigenvalue weighted by molar-refractivity contribution is 14.0. The van der Waals surface area contributed by atoms with Crippen molar-refractivity contribution < 1.29 is 0 Å². The van der Waals surface area contributed by atoms with Crippen molar-refractivity contribution in [3.63, 3.8) is 0 Å². The lowest BCUT2D eigenvalue weighted by molar-refractivity contribution is 0.518. The van der Waals surface area contributed by atoms with E-state index in [1.54, 1.807) is 6.20 Å². The summed E-state index contributed by atoms with van der Waals surface area (Å²) in [5, 5.41) is 6.68. The predicted octanol–water partition coefficient (Wildman–Crippen LogP) is 3.27. The molecule has 128 valence electrons. The van der Waals surface area contributed by atoms with Crippen LogP contribution in [0.15, 0.2) is 23.7 Å². The van der Waals surface area contributed by atoms with Gasteiger partial charge in [0.05, 0.1) is 6.33 Å². The number of imidazole rings is 1. The minimum absolute atomic E-state index is 0. The number of nitrogens with zero attached hydrogens (tertiary/aromatic N) is 3. The van der Waals surface area contributed by atoms with Gasteiger partial charge in [0.15, 0.2) is 5.96 Å². The minimum atomic E-state index is 0. The van der Waals surface area contributed by atoms with Crippen LogP contribution in [0.25, 0.3) is 0 Å². The van der Waals surface area contributed by atoms with E-state index in [0.717, 1.165) is 31.5 Å². The first-order chi connectivity index (χ1) is 10.2. The van der Waals surface area contributed by atoms with Crippen molar-refractivity contribution in [2.45, 2.75) is 52.5 Å². The Morgan fingerprint density at radius 3 is 2.50 bits per heavy atom. The molecule has 0 aliphatic heterocycles. The largest absolute Gasteiger partial charge is 0.356 e. The Labute approximate surface area is 152 Å². The average Bonchev–Trinajstić information content (AvgIpc) is 2.97. The molecule has 0 saturated heterocycles. The van der Waals surface area contributed by atoms with Crippen LogP contribution in [-0.2, 0) is 6.54 Å². The molecule has 2 N–H and O–H groups in total. The van der Waals surface area contributed by atoms with E-state index in [9.17, 15) is 0 Å². The molecular weight excluding hydrogens is 389 g/mol. The maximum Gasteiger partial charge on any atom is 0.191 e. The van der Waals surface area contributed by atoms with Gasteiger partial charge in [-0.15, -0.1) is 24.0 Å². The van der Waals surface area contributed by atoms with Crippen LogP contribution >= 0.6 is 24.0 Å². The molecule has 1 heterocycles. The van der Waals surface area contributed by atoms with Crippen LogP contribution in [0.3, 0.4) is 0 Å². The molecule has 0 atom stereocenters. The molecule has 0 bridgehead atoms. The Hall–Kier alpha value is -0.790. The quantitative estimate of drug-likeness (QED) is 0.264. The first-order valence-corrected chi connectivity index (χ1v) is 8.12. The van der Waals surface area contributed by atoms with Crippen LogP contribution in [0, 0.1) is 5.92 Å². The second kappa shape index (κ2) is 13.8. The normalized spacial score (nSPS) is 11.4.